The van der Waals surface area contributed by atoms with E-state index in [1.165, 1.54) is 0 Å². The number of esters is 1. The molecule has 0 saturated carbocycles. The van der Waals surface area contributed by atoms with Crippen molar-refractivity contribution >= 4 is 5.97 Å². The highest BCUT2D eigenvalue weighted by Crippen LogP contribution is 2.18. The molecule has 1 aromatic rings. The van der Waals surface area contributed by atoms with E-state index < -0.39 is 0 Å². The van der Waals surface area contributed by atoms with Gasteiger partial charge in [-0.2, -0.15) is 0 Å². The van der Waals surface area contributed by atoms with E-state index in [0.717, 1.165) is 50.7 Å². The van der Waals surface area contributed by atoms with Crippen molar-refractivity contribution in [1.29, 1.82) is 0 Å². The average molecular weight is 321 g/mol. The van der Waals surface area contributed by atoms with Gasteiger partial charge in [0.2, 0.25) is 0 Å². The number of nitrogens with zero attached hydrogens (tertiary/aromatic N) is 3. The first-order chi connectivity index (χ1) is 11.3. The van der Waals surface area contributed by atoms with Crippen molar-refractivity contribution in [2.75, 3.05) is 52.5 Å². The van der Waals surface area contributed by atoms with E-state index >= 15 is 0 Å². The number of aliphatic hydroxyl groups excluding tert-OH is 1. The number of fused-ring (bicyclic) bond motifs is 1. The van der Waals surface area contributed by atoms with E-state index in [4.69, 9.17) is 14.6 Å². The first-order valence-corrected chi connectivity index (χ1v) is 8.05. The van der Waals surface area contributed by atoms with Crippen molar-refractivity contribution < 1.29 is 19.4 Å². The molecule has 0 radical (unpaired) electrons. The maximum Gasteiger partial charge on any atom is 0.340 e. The Kier molecular flexibility index (Phi) is 5.56. The Balaban J connectivity index is 1.43. The Labute approximate surface area is 135 Å². The number of carbonyl (C=O) groups is 1. The maximum absolute atomic E-state index is 11.4. The zero-order chi connectivity index (χ0) is 16.1. The lowest BCUT2D eigenvalue weighted by molar-refractivity contribution is 0.0532. The lowest BCUT2D eigenvalue weighted by Crippen LogP contribution is -2.46. The van der Waals surface area contributed by atoms with Gasteiger partial charge < -0.3 is 14.6 Å². The number of cyclic esters (lactones) is 1. The molecule has 0 aromatic carbocycles. The Hall–Kier alpha value is -1.54. The van der Waals surface area contributed by atoms with Gasteiger partial charge in [0.25, 0.3) is 0 Å². The highest BCUT2D eigenvalue weighted by atomic mass is 16.5. The zero-order valence-electron chi connectivity index (χ0n) is 13.2. The van der Waals surface area contributed by atoms with Crippen LogP contribution >= 0.6 is 0 Å². The van der Waals surface area contributed by atoms with Crippen LogP contribution in [-0.4, -0.2) is 78.4 Å². The average Bonchev–Trinajstić information content (AvgIpc) is 2.94. The number of piperazine rings is 1. The van der Waals surface area contributed by atoms with Crippen molar-refractivity contribution in [2.24, 2.45) is 0 Å². The minimum Gasteiger partial charge on any atom is -0.456 e. The second-order valence-electron chi connectivity index (χ2n) is 5.83. The third kappa shape index (κ3) is 4.26. The molecule has 1 N–H and O–H groups in total. The van der Waals surface area contributed by atoms with Gasteiger partial charge in [-0.05, 0) is 12.1 Å². The lowest BCUT2D eigenvalue weighted by atomic mass is 10.2. The van der Waals surface area contributed by atoms with Crippen LogP contribution in [0.4, 0.5) is 0 Å². The SMILES string of the molecule is O=C1OCc2nc(CN3CCN(CCOCCO)CC3)ccc21. The normalized spacial score (nSPS) is 18.9. The summed E-state index contributed by atoms with van der Waals surface area (Å²) in [4.78, 5) is 20.7. The number of aliphatic hydroxyl groups is 1. The minimum atomic E-state index is -0.268. The van der Waals surface area contributed by atoms with Gasteiger partial charge in [0.1, 0.15) is 6.61 Å². The topological polar surface area (TPSA) is 75.1 Å². The Morgan fingerprint density at radius 1 is 1.17 bits per heavy atom. The summed E-state index contributed by atoms with van der Waals surface area (Å²) in [5.74, 6) is -0.268. The summed E-state index contributed by atoms with van der Waals surface area (Å²) < 4.78 is 10.3. The molecule has 0 aliphatic carbocycles. The summed E-state index contributed by atoms with van der Waals surface area (Å²) in [5, 5.41) is 8.67. The number of pyridine rings is 1. The fourth-order valence-electron chi connectivity index (χ4n) is 2.90. The van der Waals surface area contributed by atoms with Gasteiger partial charge >= 0.3 is 5.97 Å². The molecule has 0 atom stereocenters. The van der Waals surface area contributed by atoms with E-state index in [1.807, 2.05) is 12.1 Å². The Bertz CT molecular complexity index is 544. The van der Waals surface area contributed by atoms with Gasteiger partial charge in [-0.25, -0.2) is 4.79 Å². The molecule has 1 aromatic heterocycles. The molecular formula is C16H23N3O4. The largest absolute Gasteiger partial charge is 0.456 e. The van der Waals surface area contributed by atoms with Crippen LogP contribution in [0.5, 0.6) is 0 Å². The number of aromatic nitrogens is 1. The Morgan fingerprint density at radius 2 is 1.96 bits per heavy atom. The third-order valence-corrected chi connectivity index (χ3v) is 4.23. The predicted octanol–water partition coefficient (Wildman–Crippen LogP) is -0.121. The van der Waals surface area contributed by atoms with Crippen LogP contribution in [0.3, 0.4) is 0 Å². The van der Waals surface area contributed by atoms with Gasteiger partial charge in [-0.3, -0.25) is 14.8 Å². The van der Waals surface area contributed by atoms with Crippen LogP contribution in [0.15, 0.2) is 12.1 Å². The highest BCUT2D eigenvalue weighted by molar-refractivity contribution is 5.92. The first kappa shape index (κ1) is 16.3. The summed E-state index contributed by atoms with van der Waals surface area (Å²) in [6.07, 6.45) is 0. The lowest BCUT2D eigenvalue weighted by Gasteiger charge is -2.34. The molecule has 7 nitrogen and oxygen atoms in total. The number of hydrogen-bond donors (Lipinski definition) is 1. The standard InChI is InChI=1S/C16H23N3O4/c20-8-10-22-9-7-18-3-5-19(6-4-18)11-13-1-2-14-15(17-13)12-23-16(14)21/h1-2,20H,3-12H2. The number of ether oxygens (including phenoxy) is 2. The summed E-state index contributed by atoms with van der Waals surface area (Å²) in [5.41, 5.74) is 2.34. The monoisotopic (exact) mass is 321 g/mol. The van der Waals surface area contributed by atoms with Crippen LogP contribution < -0.4 is 0 Å². The maximum atomic E-state index is 11.4. The molecule has 2 aliphatic rings. The molecule has 0 bridgehead atoms. The number of hydrogen-bond acceptors (Lipinski definition) is 7. The fourth-order valence-corrected chi connectivity index (χ4v) is 2.90. The molecule has 1 saturated heterocycles. The summed E-state index contributed by atoms with van der Waals surface area (Å²) in [6, 6.07) is 3.74. The van der Waals surface area contributed by atoms with E-state index in [9.17, 15) is 4.79 Å². The minimum absolute atomic E-state index is 0.0815. The van der Waals surface area contributed by atoms with Gasteiger partial charge in [0.15, 0.2) is 0 Å². The quantitative estimate of drug-likeness (QED) is 0.554. The van der Waals surface area contributed by atoms with E-state index in [1.54, 1.807) is 0 Å². The Morgan fingerprint density at radius 3 is 2.74 bits per heavy atom. The van der Waals surface area contributed by atoms with Crippen molar-refractivity contribution in [3.8, 4) is 0 Å². The molecule has 2 aliphatic heterocycles. The third-order valence-electron chi connectivity index (χ3n) is 4.23. The van der Waals surface area contributed by atoms with Crippen LogP contribution in [-0.2, 0) is 22.6 Å². The van der Waals surface area contributed by atoms with Crippen molar-refractivity contribution in [3.05, 3.63) is 29.1 Å². The van der Waals surface area contributed by atoms with E-state index in [-0.39, 0.29) is 12.6 Å². The summed E-state index contributed by atoms with van der Waals surface area (Å²) >= 11 is 0. The molecule has 3 rings (SSSR count). The molecule has 3 heterocycles. The molecule has 126 valence electrons. The van der Waals surface area contributed by atoms with Crippen LogP contribution in [0.2, 0.25) is 0 Å². The van der Waals surface area contributed by atoms with Gasteiger partial charge in [0.05, 0.1) is 36.8 Å². The fraction of sp³-hybridized carbons (Fsp3) is 0.625. The van der Waals surface area contributed by atoms with Crippen molar-refractivity contribution in [2.45, 2.75) is 13.2 Å². The van der Waals surface area contributed by atoms with Gasteiger partial charge in [-0.15, -0.1) is 0 Å². The van der Waals surface area contributed by atoms with Crippen LogP contribution in [0.25, 0.3) is 0 Å². The zero-order valence-corrected chi connectivity index (χ0v) is 13.2. The number of rotatable bonds is 7. The molecule has 1 fully saturated rings. The smallest absolute Gasteiger partial charge is 0.340 e. The molecule has 23 heavy (non-hydrogen) atoms. The second-order valence-corrected chi connectivity index (χ2v) is 5.83. The second kappa shape index (κ2) is 7.83. The van der Waals surface area contributed by atoms with Crippen molar-refractivity contribution in [3.63, 3.8) is 0 Å². The van der Waals surface area contributed by atoms with Gasteiger partial charge in [-0.1, -0.05) is 0 Å². The van der Waals surface area contributed by atoms with Gasteiger partial charge in [0, 0.05) is 39.3 Å². The molecule has 0 amide bonds. The highest BCUT2D eigenvalue weighted by Gasteiger charge is 2.23. The van der Waals surface area contributed by atoms with Crippen molar-refractivity contribution in [1.82, 2.24) is 14.8 Å². The van der Waals surface area contributed by atoms with Crippen LogP contribution in [0, 0.1) is 0 Å². The first-order valence-electron chi connectivity index (χ1n) is 8.05. The van der Waals surface area contributed by atoms with E-state index in [2.05, 4.69) is 14.8 Å². The van der Waals surface area contributed by atoms with E-state index in [0.29, 0.717) is 25.4 Å². The summed E-state index contributed by atoms with van der Waals surface area (Å²) in [7, 11) is 0. The summed E-state index contributed by atoms with van der Waals surface area (Å²) in [6.45, 7) is 7.17. The predicted molar refractivity (Wildman–Crippen MR) is 83.0 cm³/mol. The number of carbonyl (C=O) groups excluding carboxylic acids is 1. The molecular weight excluding hydrogens is 298 g/mol. The van der Waals surface area contributed by atoms with Crippen LogP contribution in [0.1, 0.15) is 21.7 Å². The molecule has 7 heteroatoms. The molecule has 0 spiro atoms. The molecule has 0 unspecified atom stereocenters.